The van der Waals surface area contributed by atoms with E-state index in [1.807, 2.05) is 35.1 Å². The van der Waals surface area contributed by atoms with Gasteiger partial charge in [-0.2, -0.15) is 5.10 Å². The molecule has 2 aliphatic heterocycles. The third-order valence-corrected chi connectivity index (χ3v) is 9.36. The van der Waals surface area contributed by atoms with Crippen molar-refractivity contribution in [2.24, 2.45) is 5.92 Å². The summed E-state index contributed by atoms with van der Waals surface area (Å²) in [7, 11) is -3.38. The van der Waals surface area contributed by atoms with Gasteiger partial charge >= 0.3 is 0 Å². The minimum atomic E-state index is -3.38. The molecule has 6 nitrogen and oxygen atoms in total. The molecule has 0 amide bonds. The molecule has 1 saturated heterocycles. The lowest BCUT2D eigenvalue weighted by atomic mass is 9.87. The highest BCUT2D eigenvalue weighted by atomic mass is 32.2. The molecule has 156 valence electrons. The molecule has 2 aromatic rings. The Hall–Kier alpha value is -1.86. The van der Waals surface area contributed by atoms with Crippen molar-refractivity contribution < 1.29 is 8.42 Å². The highest BCUT2D eigenvalue weighted by Gasteiger charge is 2.57. The standard InChI is InChI=1S/C22H30N4O2S/c1-17(2)25-15-19(13-23-25)14-24-11-9-22(10-12-24)20-5-3-4-6-21(20)26(29(22,27)28)16-18-7-8-18/h3-6,13,15,17-18H,7-12,14,16H2,1-2H3. The maximum absolute atomic E-state index is 13.7. The summed E-state index contributed by atoms with van der Waals surface area (Å²) in [6.45, 7) is 7.30. The Morgan fingerprint density at radius 2 is 1.90 bits per heavy atom. The fourth-order valence-corrected chi connectivity index (χ4v) is 7.28. The zero-order valence-electron chi connectivity index (χ0n) is 17.3. The van der Waals surface area contributed by atoms with Gasteiger partial charge in [0.1, 0.15) is 4.75 Å². The fraction of sp³-hybridized carbons (Fsp3) is 0.591. The lowest BCUT2D eigenvalue weighted by Crippen LogP contribution is -2.48. The number of hydrogen-bond acceptors (Lipinski definition) is 4. The molecule has 5 rings (SSSR count). The number of aromatic nitrogens is 2. The second-order valence-corrected chi connectivity index (χ2v) is 11.4. The van der Waals surface area contributed by atoms with Crippen LogP contribution in [0.4, 0.5) is 5.69 Å². The van der Waals surface area contributed by atoms with Crippen LogP contribution in [-0.2, 0) is 21.3 Å². The molecular weight excluding hydrogens is 384 g/mol. The molecule has 29 heavy (non-hydrogen) atoms. The fourth-order valence-electron chi connectivity index (χ4n) is 4.89. The first-order chi connectivity index (χ1) is 13.9. The summed E-state index contributed by atoms with van der Waals surface area (Å²) in [6, 6.07) is 8.35. The summed E-state index contributed by atoms with van der Waals surface area (Å²) in [6.07, 6.45) is 7.66. The van der Waals surface area contributed by atoms with Gasteiger partial charge in [0.15, 0.2) is 0 Å². The Bertz CT molecular complexity index is 1000. The Kier molecular flexibility index (Phi) is 4.51. The summed E-state index contributed by atoms with van der Waals surface area (Å²) in [5.41, 5.74) is 3.14. The maximum atomic E-state index is 13.7. The second kappa shape index (κ2) is 6.84. The van der Waals surface area contributed by atoms with E-state index >= 15 is 0 Å². The largest absolute Gasteiger partial charge is 0.299 e. The minimum absolute atomic E-state index is 0.353. The quantitative estimate of drug-likeness (QED) is 0.751. The van der Waals surface area contributed by atoms with Crippen LogP contribution < -0.4 is 4.31 Å². The number of hydrogen-bond donors (Lipinski definition) is 0. The zero-order chi connectivity index (χ0) is 20.2. The van der Waals surface area contributed by atoms with E-state index in [2.05, 4.69) is 30.0 Å². The number of para-hydroxylation sites is 1. The Morgan fingerprint density at radius 3 is 2.55 bits per heavy atom. The van der Waals surface area contributed by atoms with Gasteiger partial charge in [0.2, 0.25) is 10.0 Å². The molecule has 0 bridgehead atoms. The van der Waals surface area contributed by atoms with Crippen molar-refractivity contribution in [3.8, 4) is 0 Å². The van der Waals surface area contributed by atoms with Crippen molar-refractivity contribution in [2.45, 2.75) is 56.9 Å². The first kappa shape index (κ1) is 19.1. The van der Waals surface area contributed by atoms with Gasteiger partial charge in [0.05, 0.1) is 11.9 Å². The molecule has 1 spiro atoms. The number of fused-ring (bicyclic) bond motifs is 2. The van der Waals surface area contributed by atoms with Crippen LogP contribution in [0.1, 0.15) is 56.7 Å². The average Bonchev–Trinajstić information content (AvgIpc) is 3.38. The molecule has 0 unspecified atom stereocenters. The van der Waals surface area contributed by atoms with E-state index in [-0.39, 0.29) is 0 Å². The lowest BCUT2D eigenvalue weighted by molar-refractivity contribution is 0.189. The molecule has 3 heterocycles. The molecule has 0 atom stereocenters. The lowest BCUT2D eigenvalue weighted by Gasteiger charge is -2.39. The molecule has 1 aromatic heterocycles. The number of likely N-dealkylation sites (tertiary alicyclic amines) is 1. The van der Waals surface area contributed by atoms with Gasteiger partial charge in [-0.3, -0.25) is 13.9 Å². The zero-order valence-corrected chi connectivity index (χ0v) is 18.1. The summed E-state index contributed by atoms with van der Waals surface area (Å²) >= 11 is 0. The van der Waals surface area contributed by atoms with Crippen molar-refractivity contribution in [3.63, 3.8) is 0 Å². The van der Waals surface area contributed by atoms with Gasteiger partial charge in [-0.05, 0) is 57.1 Å². The molecule has 2 fully saturated rings. The van der Waals surface area contributed by atoms with Crippen molar-refractivity contribution >= 4 is 15.7 Å². The van der Waals surface area contributed by atoms with Gasteiger partial charge < -0.3 is 0 Å². The second-order valence-electron chi connectivity index (χ2n) is 9.19. The number of sulfonamides is 1. The number of benzene rings is 1. The van der Waals surface area contributed by atoms with E-state index < -0.39 is 14.8 Å². The van der Waals surface area contributed by atoms with Gasteiger partial charge in [0.25, 0.3) is 0 Å². The van der Waals surface area contributed by atoms with Crippen molar-refractivity contribution in [2.75, 3.05) is 23.9 Å². The van der Waals surface area contributed by atoms with Gasteiger partial charge in [-0.15, -0.1) is 0 Å². The molecule has 7 heteroatoms. The summed E-state index contributed by atoms with van der Waals surface area (Å²) in [5.74, 6) is 0.533. The monoisotopic (exact) mass is 414 g/mol. The van der Waals surface area contributed by atoms with Crippen LogP contribution in [-0.4, -0.2) is 42.7 Å². The predicted molar refractivity (Wildman–Crippen MR) is 114 cm³/mol. The number of rotatable bonds is 5. The molecular formula is C22H30N4O2S. The van der Waals surface area contributed by atoms with Crippen LogP contribution in [0, 0.1) is 5.92 Å². The third kappa shape index (κ3) is 3.10. The highest BCUT2D eigenvalue weighted by Crippen LogP contribution is 2.53. The van der Waals surface area contributed by atoms with Gasteiger partial charge in [-0.1, -0.05) is 18.2 Å². The van der Waals surface area contributed by atoms with Crippen molar-refractivity contribution in [1.82, 2.24) is 14.7 Å². The normalized spacial score (nSPS) is 23.1. The molecule has 1 saturated carbocycles. The summed E-state index contributed by atoms with van der Waals surface area (Å²) in [5, 5.41) is 4.44. The molecule has 0 N–H and O–H groups in total. The average molecular weight is 415 g/mol. The molecule has 1 aromatic carbocycles. The van der Waals surface area contributed by atoms with Crippen LogP contribution in [0.25, 0.3) is 0 Å². The van der Waals surface area contributed by atoms with Gasteiger partial charge in [-0.25, -0.2) is 8.42 Å². The van der Waals surface area contributed by atoms with Crippen LogP contribution >= 0.6 is 0 Å². The van der Waals surface area contributed by atoms with Crippen molar-refractivity contribution in [1.29, 1.82) is 0 Å². The Labute approximate surface area is 173 Å². The smallest absolute Gasteiger partial charge is 0.245 e. The predicted octanol–water partition coefficient (Wildman–Crippen LogP) is 3.52. The van der Waals surface area contributed by atoms with Crippen LogP contribution in [0.3, 0.4) is 0 Å². The van der Waals surface area contributed by atoms with Crippen LogP contribution in [0.5, 0.6) is 0 Å². The third-order valence-electron chi connectivity index (χ3n) is 6.82. The summed E-state index contributed by atoms with van der Waals surface area (Å²) < 4.78 is 30.4. The topological polar surface area (TPSA) is 58.4 Å². The van der Waals surface area contributed by atoms with E-state index in [0.717, 1.165) is 43.7 Å². The van der Waals surface area contributed by atoms with E-state index in [1.54, 1.807) is 4.31 Å². The van der Waals surface area contributed by atoms with Crippen LogP contribution in [0.2, 0.25) is 0 Å². The number of anilines is 1. The first-order valence-corrected chi connectivity index (χ1v) is 12.2. The highest BCUT2D eigenvalue weighted by molar-refractivity contribution is 7.94. The number of nitrogens with zero attached hydrogens (tertiary/aromatic N) is 4. The van der Waals surface area contributed by atoms with Crippen LogP contribution in [0.15, 0.2) is 36.7 Å². The van der Waals surface area contributed by atoms with Gasteiger partial charge in [0, 0.05) is 44.0 Å². The van der Waals surface area contributed by atoms with E-state index in [1.165, 1.54) is 5.56 Å². The van der Waals surface area contributed by atoms with E-state index in [4.69, 9.17) is 0 Å². The Morgan fingerprint density at radius 1 is 1.17 bits per heavy atom. The molecule has 1 aliphatic carbocycles. The van der Waals surface area contributed by atoms with Crippen molar-refractivity contribution in [3.05, 3.63) is 47.8 Å². The van der Waals surface area contributed by atoms with E-state index in [0.29, 0.717) is 31.3 Å². The van der Waals surface area contributed by atoms with E-state index in [9.17, 15) is 8.42 Å². The molecule has 0 radical (unpaired) electrons. The molecule has 3 aliphatic rings. The summed E-state index contributed by atoms with van der Waals surface area (Å²) in [4.78, 5) is 2.37. The minimum Gasteiger partial charge on any atom is -0.299 e. The SMILES string of the molecule is CC(C)n1cc(CN2CCC3(CC2)c2ccccc2N(CC2CC2)S3(=O)=O)cn1. The Balaban J connectivity index is 1.37. The first-order valence-electron chi connectivity index (χ1n) is 10.8. The number of piperidine rings is 1. The maximum Gasteiger partial charge on any atom is 0.245 e.